The third-order valence-corrected chi connectivity index (χ3v) is 4.34. The van der Waals surface area contributed by atoms with Crippen molar-refractivity contribution in [3.8, 4) is 11.3 Å². The minimum atomic E-state index is 0.334. The van der Waals surface area contributed by atoms with Crippen LogP contribution in [0.5, 0.6) is 0 Å². The minimum absolute atomic E-state index is 0.334. The summed E-state index contributed by atoms with van der Waals surface area (Å²) in [7, 11) is 0. The average Bonchev–Trinajstić information content (AvgIpc) is 2.80. The zero-order chi connectivity index (χ0) is 12.4. The highest BCUT2D eigenvalue weighted by atomic mass is 79.9. The van der Waals surface area contributed by atoms with E-state index in [2.05, 4.69) is 58.3 Å². The molecular formula is C13H15BrN2S. The molecule has 0 saturated carbocycles. The summed E-state index contributed by atoms with van der Waals surface area (Å²) in [5, 5.41) is 3.22. The fraction of sp³-hybridized carbons (Fsp3) is 0.308. The molecule has 0 radical (unpaired) electrons. The van der Waals surface area contributed by atoms with Gasteiger partial charge in [-0.25, -0.2) is 4.98 Å². The number of nitrogens with zero attached hydrogens (tertiary/aromatic N) is 1. The number of aryl methyl sites for hydroxylation is 1. The Kier molecular flexibility index (Phi) is 3.97. The lowest BCUT2D eigenvalue weighted by atomic mass is 10.1. The molecule has 0 aliphatic heterocycles. The highest BCUT2D eigenvalue weighted by Gasteiger charge is 2.11. The third-order valence-electron chi connectivity index (χ3n) is 2.77. The molecule has 0 spiro atoms. The molecule has 1 heterocycles. The summed E-state index contributed by atoms with van der Waals surface area (Å²) in [4.78, 5) is 4.67. The summed E-state index contributed by atoms with van der Waals surface area (Å²) in [6, 6.07) is 6.26. The van der Waals surface area contributed by atoms with Crippen LogP contribution in [-0.4, -0.2) is 11.5 Å². The molecule has 4 heteroatoms. The molecule has 2 aromatic rings. The largest absolute Gasteiger partial charge is 0.330 e. The molecular weight excluding hydrogens is 296 g/mol. The molecule has 2 nitrogen and oxygen atoms in total. The maximum absolute atomic E-state index is 5.67. The van der Waals surface area contributed by atoms with Gasteiger partial charge in [-0.1, -0.05) is 28.9 Å². The first-order valence-corrected chi connectivity index (χ1v) is 7.21. The number of benzene rings is 1. The van der Waals surface area contributed by atoms with E-state index in [-0.39, 0.29) is 0 Å². The van der Waals surface area contributed by atoms with Crippen LogP contribution in [0, 0.1) is 6.92 Å². The zero-order valence-electron chi connectivity index (χ0n) is 9.90. The molecule has 1 atom stereocenters. The second kappa shape index (κ2) is 5.29. The molecule has 0 saturated heterocycles. The summed E-state index contributed by atoms with van der Waals surface area (Å²) < 4.78 is 1.08. The Morgan fingerprint density at radius 3 is 2.94 bits per heavy atom. The first kappa shape index (κ1) is 12.7. The summed E-state index contributed by atoms with van der Waals surface area (Å²) in [6.07, 6.45) is 0. The van der Waals surface area contributed by atoms with E-state index in [1.165, 1.54) is 11.1 Å². The fourth-order valence-electron chi connectivity index (χ4n) is 1.61. The summed E-state index contributed by atoms with van der Waals surface area (Å²) in [6.45, 7) is 4.86. The molecule has 1 aromatic heterocycles. The molecule has 0 fully saturated rings. The lowest BCUT2D eigenvalue weighted by Gasteiger charge is -2.04. The van der Waals surface area contributed by atoms with Crippen LogP contribution in [0.15, 0.2) is 28.1 Å². The quantitative estimate of drug-likeness (QED) is 0.932. The predicted octanol–water partition coefficient (Wildman–Crippen LogP) is 3.94. The number of nitrogens with two attached hydrogens (primary N) is 1. The lowest BCUT2D eigenvalue weighted by Crippen LogP contribution is -2.08. The Bertz CT molecular complexity index is 522. The highest BCUT2D eigenvalue weighted by molar-refractivity contribution is 9.10. The van der Waals surface area contributed by atoms with E-state index < -0.39 is 0 Å². The maximum atomic E-state index is 5.67. The van der Waals surface area contributed by atoms with Crippen molar-refractivity contribution in [1.29, 1.82) is 0 Å². The normalized spacial score (nSPS) is 12.7. The molecule has 0 aliphatic carbocycles. The molecule has 17 heavy (non-hydrogen) atoms. The van der Waals surface area contributed by atoms with Crippen LogP contribution < -0.4 is 5.73 Å². The molecule has 0 bridgehead atoms. The summed E-state index contributed by atoms with van der Waals surface area (Å²) in [5.41, 5.74) is 9.14. The van der Waals surface area contributed by atoms with Crippen LogP contribution in [0.3, 0.4) is 0 Å². The van der Waals surface area contributed by atoms with Gasteiger partial charge in [-0.15, -0.1) is 11.3 Å². The van der Waals surface area contributed by atoms with Gasteiger partial charge in [0.15, 0.2) is 0 Å². The molecule has 1 unspecified atom stereocenters. The van der Waals surface area contributed by atoms with Crippen LogP contribution in [0.4, 0.5) is 0 Å². The van der Waals surface area contributed by atoms with Crippen molar-refractivity contribution in [2.45, 2.75) is 19.8 Å². The monoisotopic (exact) mass is 310 g/mol. The van der Waals surface area contributed by atoms with Crippen molar-refractivity contribution >= 4 is 27.3 Å². The smallest absolute Gasteiger partial charge is 0.0973 e. The van der Waals surface area contributed by atoms with E-state index in [9.17, 15) is 0 Å². The van der Waals surface area contributed by atoms with Crippen LogP contribution >= 0.6 is 27.3 Å². The molecule has 2 N–H and O–H groups in total. The number of aromatic nitrogens is 1. The summed E-state index contributed by atoms with van der Waals surface area (Å²) >= 11 is 5.18. The number of thiazole rings is 1. The third kappa shape index (κ3) is 2.76. The Morgan fingerprint density at radius 2 is 2.24 bits per heavy atom. The first-order chi connectivity index (χ1) is 8.11. The van der Waals surface area contributed by atoms with E-state index in [0.717, 1.165) is 15.2 Å². The molecule has 90 valence electrons. The van der Waals surface area contributed by atoms with Crippen LogP contribution in [-0.2, 0) is 0 Å². The minimum Gasteiger partial charge on any atom is -0.330 e. The molecule has 2 rings (SSSR count). The second-order valence-corrected chi connectivity index (χ2v) is 5.97. The average molecular weight is 311 g/mol. The van der Waals surface area contributed by atoms with Crippen molar-refractivity contribution in [2.75, 3.05) is 6.54 Å². The number of rotatable bonds is 3. The van der Waals surface area contributed by atoms with E-state index in [1.807, 2.05) is 0 Å². The highest BCUT2D eigenvalue weighted by Crippen LogP contribution is 2.30. The van der Waals surface area contributed by atoms with E-state index in [1.54, 1.807) is 11.3 Å². The van der Waals surface area contributed by atoms with E-state index in [0.29, 0.717) is 12.5 Å². The van der Waals surface area contributed by atoms with Crippen molar-refractivity contribution in [3.63, 3.8) is 0 Å². The first-order valence-electron chi connectivity index (χ1n) is 5.54. The topological polar surface area (TPSA) is 38.9 Å². The molecule has 1 aromatic carbocycles. The van der Waals surface area contributed by atoms with Gasteiger partial charge in [0.05, 0.1) is 10.7 Å². The fourth-order valence-corrected chi connectivity index (χ4v) is 2.86. The lowest BCUT2D eigenvalue weighted by molar-refractivity contribution is 0.766. The maximum Gasteiger partial charge on any atom is 0.0973 e. The SMILES string of the molecule is Cc1ccc(Br)cc1-c1csc(C(C)CN)n1. The number of hydrogen-bond acceptors (Lipinski definition) is 3. The van der Waals surface area contributed by atoms with Gasteiger partial charge in [0, 0.05) is 27.9 Å². The van der Waals surface area contributed by atoms with Gasteiger partial charge in [-0.2, -0.15) is 0 Å². The second-order valence-electron chi connectivity index (χ2n) is 4.17. The van der Waals surface area contributed by atoms with Gasteiger partial charge in [0.2, 0.25) is 0 Å². The standard InChI is InChI=1S/C13H15BrN2S/c1-8-3-4-10(14)5-11(8)12-7-17-13(16-12)9(2)6-15/h3-5,7,9H,6,15H2,1-2H3. The van der Waals surface area contributed by atoms with E-state index in [4.69, 9.17) is 5.73 Å². The van der Waals surface area contributed by atoms with Gasteiger partial charge in [-0.05, 0) is 24.6 Å². The van der Waals surface area contributed by atoms with Crippen LogP contribution in [0.1, 0.15) is 23.4 Å². The van der Waals surface area contributed by atoms with Gasteiger partial charge < -0.3 is 5.73 Å². The van der Waals surface area contributed by atoms with Gasteiger partial charge in [0.1, 0.15) is 0 Å². The Hall–Kier alpha value is -0.710. The van der Waals surface area contributed by atoms with Gasteiger partial charge in [0.25, 0.3) is 0 Å². The molecule has 0 aliphatic rings. The van der Waals surface area contributed by atoms with Crippen LogP contribution in [0.25, 0.3) is 11.3 Å². The van der Waals surface area contributed by atoms with Crippen molar-refractivity contribution in [1.82, 2.24) is 4.98 Å². The zero-order valence-corrected chi connectivity index (χ0v) is 12.3. The predicted molar refractivity (Wildman–Crippen MR) is 77.5 cm³/mol. The molecule has 0 amide bonds. The van der Waals surface area contributed by atoms with Crippen LogP contribution in [0.2, 0.25) is 0 Å². The summed E-state index contributed by atoms with van der Waals surface area (Å²) in [5.74, 6) is 0.334. The Morgan fingerprint density at radius 1 is 1.47 bits per heavy atom. The van der Waals surface area contributed by atoms with Crippen molar-refractivity contribution in [3.05, 3.63) is 38.6 Å². The van der Waals surface area contributed by atoms with E-state index >= 15 is 0 Å². The Labute approximate surface area is 114 Å². The van der Waals surface area contributed by atoms with Gasteiger partial charge in [-0.3, -0.25) is 0 Å². The Balaban J connectivity index is 2.40. The number of halogens is 1. The van der Waals surface area contributed by atoms with Crippen molar-refractivity contribution in [2.24, 2.45) is 5.73 Å². The van der Waals surface area contributed by atoms with Crippen molar-refractivity contribution < 1.29 is 0 Å². The van der Waals surface area contributed by atoms with Gasteiger partial charge >= 0.3 is 0 Å². The number of hydrogen-bond donors (Lipinski definition) is 1.